The third-order valence-electron chi connectivity index (χ3n) is 7.18. The van der Waals surface area contributed by atoms with Crippen LogP contribution in [-0.4, -0.2) is 49.5 Å². The first-order valence-corrected chi connectivity index (χ1v) is 15.4. The number of nitrogens with zero attached hydrogens (tertiary/aromatic N) is 1. The fraction of sp³-hybridized carbons (Fsp3) is 0.364. The Balaban J connectivity index is 1.42. The summed E-state index contributed by atoms with van der Waals surface area (Å²) in [5, 5.41) is 6.98. The van der Waals surface area contributed by atoms with Crippen molar-refractivity contribution in [1.82, 2.24) is 15.5 Å². The fourth-order valence-electron chi connectivity index (χ4n) is 4.73. The number of fused-ring (bicyclic) bond motifs is 1. The smallest absolute Gasteiger partial charge is 0.410 e. The van der Waals surface area contributed by atoms with Gasteiger partial charge in [-0.05, 0) is 59.5 Å². The number of carbonyl (C=O) groups is 3. The van der Waals surface area contributed by atoms with Gasteiger partial charge in [0.15, 0.2) is 11.5 Å². The van der Waals surface area contributed by atoms with Gasteiger partial charge in [-0.25, -0.2) is 9.59 Å². The summed E-state index contributed by atoms with van der Waals surface area (Å²) in [4.78, 5) is 40.4. The lowest BCUT2D eigenvalue weighted by Crippen LogP contribution is -2.46. The molecule has 3 aromatic carbocycles. The summed E-state index contributed by atoms with van der Waals surface area (Å²) >= 11 is 12.1. The summed E-state index contributed by atoms with van der Waals surface area (Å²) in [6.45, 7) is 2.67. The third kappa shape index (κ3) is 10.5. The second kappa shape index (κ2) is 16.8. The van der Waals surface area contributed by atoms with Crippen molar-refractivity contribution < 1.29 is 33.3 Å². The molecule has 0 fully saturated rings. The van der Waals surface area contributed by atoms with E-state index in [1.165, 1.54) is 7.11 Å². The Kier molecular flexibility index (Phi) is 12.6. The predicted molar refractivity (Wildman–Crippen MR) is 170 cm³/mol. The molecule has 12 heteroatoms. The number of hydrogen-bond acceptors (Lipinski definition) is 7. The van der Waals surface area contributed by atoms with Gasteiger partial charge in [-0.15, -0.1) is 0 Å². The molecule has 2 N–H and O–H groups in total. The lowest BCUT2D eigenvalue weighted by Gasteiger charge is -2.26. The van der Waals surface area contributed by atoms with E-state index in [4.69, 9.17) is 42.1 Å². The quantitative estimate of drug-likeness (QED) is 0.179. The van der Waals surface area contributed by atoms with E-state index in [9.17, 15) is 14.4 Å². The summed E-state index contributed by atoms with van der Waals surface area (Å²) in [7, 11) is 1.29. The molecule has 0 spiro atoms. The Labute approximate surface area is 272 Å². The van der Waals surface area contributed by atoms with E-state index in [0.29, 0.717) is 33.5 Å². The lowest BCUT2D eigenvalue weighted by atomic mass is 10.0. The van der Waals surface area contributed by atoms with E-state index < -0.39 is 30.2 Å². The Bertz CT molecular complexity index is 1390. The lowest BCUT2D eigenvalue weighted by molar-refractivity contribution is -0.141. The van der Waals surface area contributed by atoms with Crippen molar-refractivity contribution in [3.05, 3.63) is 93.5 Å². The first-order valence-electron chi connectivity index (χ1n) is 14.7. The Morgan fingerprint density at radius 3 is 2.11 bits per heavy atom. The van der Waals surface area contributed by atoms with Crippen molar-refractivity contribution in [3.8, 4) is 11.5 Å². The van der Waals surface area contributed by atoms with Gasteiger partial charge in [0.1, 0.15) is 6.61 Å². The molecule has 2 atom stereocenters. The van der Waals surface area contributed by atoms with Crippen LogP contribution in [0, 0.1) is 0 Å². The molecule has 45 heavy (non-hydrogen) atoms. The molecular weight excluding hydrogens is 621 g/mol. The zero-order chi connectivity index (χ0) is 32.2. The van der Waals surface area contributed by atoms with Crippen molar-refractivity contribution in [2.24, 2.45) is 0 Å². The highest BCUT2D eigenvalue weighted by Crippen LogP contribution is 2.35. The molecule has 1 heterocycles. The maximum atomic E-state index is 13.4. The zero-order valence-corrected chi connectivity index (χ0v) is 26.7. The maximum absolute atomic E-state index is 13.4. The van der Waals surface area contributed by atoms with Gasteiger partial charge in [-0.3, -0.25) is 9.69 Å². The Morgan fingerprint density at radius 1 is 0.889 bits per heavy atom. The van der Waals surface area contributed by atoms with Crippen LogP contribution in [0.25, 0.3) is 0 Å². The Morgan fingerprint density at radius 2 is 1.51 bits per heavy atom. The van der Waals surface area contributed by atoms with Crippen LogP contribution in [0.15, 0.2) is 66.7 Å². The van der Waals surface area contributed by atoms with Gasteiger partial charge in [-0.1, -0.05) is 73.3 Å². The largest absolute Gasteiger partial charge is 0.469 e. The molecule has 0 bridgehead atoms. The minimum absolute atomic E-state index is 0.0460. The topological polar surface area (TPSA) is 115 Å². The first-order chi connectivity index (χ1) is 21.7. The van der Waals surface area contributed by atoms with Crippen LogP contribution in [0.1, 0.15) is 55.3 Å². The predicted octanol–water partition coefficient (Wildman–Crippen LogP) is 7.02. The molecule has 0 aliphatic carbocycles. The van der Waals surface area contributed by atoms with Crippen LogP contribution in [0.3, 0.4) is 0 Å². The van der Waals surface area contributed by atoms with Crippen LogP contribution < -0.4 is 20.1 Å². The van der Waals surface area contributed by atoms with Crippen molar-refractivity contribution in [2.75, 3.05) is 20.5 Å². The molecule has 10 nitrogen and oxygen atoms in total. The number of carbonyl (C=O) groups excluding carboxylic acids is 3. The van der Waals surface area contributed by atoms with Crippen molar-refractivity contribution >= 4 is 41.3 Å². The maximum Gasteiger partial charge on any atom is 0.410 e. The van der Waals surface area contributed by atoms with Crippen molar-refractivity contribution in [2.45, 2.75) is 57.8 Å². The molecule has 0 saturated carbocycles. The number of methoxy groups -OCH3 is 1. The minimum Gasteiger partial charge on any atom is -0.469 e. The number of unbranched alkanes of at least 4 members (excludes halogenated alkanes) is 1. The van der Waals surface area contributed by atoms with Crippen LogP contribution in [-0.2, 0) is 27.4 Å². The molecule has 240 valence electrons. The van der Waals surface area contributed by atoms with E-state index in [-0.39, 0.29) is 32.9 Å². The van der Waals surface area contributed by atoms with Crippen molar-refractivity contribution in [3.63, 3.8) is 0 Å². The summed E-state index contributed by atoms with van der Waals surface area (Å²) < 4.78 is 21.5. The highest BCUT2D eigenvalue weighted by molar-refractivity contribution is 6.30. The third-order valence-corrected chi connectivity index (χ3v) is 7.69. The van der Waals surface area contributed by atoms with Crippen molar-refractivity contribution in [1.29, 1.82) is 0 Å². The first kappa shape index (κ1) is 33.7. The van der Waals surface area contributed by atoms with Gasteiger partial charge in [0.05, 0.1) is 25.6 Å². The van der Waals surface area contributed by atoms with E-state index in [0.717, 1.165) is 24.0 Å². The molecule has 1 aliphatic heterocycles. The van der Waals surface area contributed by atoms with E-state index in [1.807, 2.05) is 31.2 Å². The molecule has 0 aromatic heterocycles. The minimum atomic E-state index is -0.699. The Hall–Kier alpha value is -4.15. The number of esters is 1. The standard InChI is InChI=1S/C33H37Cl2N3O7/c1-3-4-5-27(36-32(40)37-28(17-31(39)42-2)24-10-15-29-30(16-24)45-21-44-29)20-43-33(41)38(18-22-6-11-25(34)12-7-22)19-23-8-13-26(35)14-9-23/h6-16,27-28H,3-5,17-21H2,1-2H3,(H2,36,37,40). The van der Waals surface area contributed by atoms with E-state index in [2.05, 4.69) is 10.6 Å². The number of benzene rings is 3. The summed E-state index contributed by atoms with van der Waals surface area (Å²) in [6, 6.07) is 18.0. The molecule has 4 rings (SSSR count). The number of amides is 3. The number of halogens is 2. The summed E-state index contributed by atoms with van der Waals surface area (Å²) in [5.74, 6) is 0.623. The monoisotopic (exact) mass is 657 g/mol. The van der Waals surface area contributed by atoms with Gasteiger partial charge >= 0.3 is 18.1 Å². The fourth-order valence-corrected chi connectivity index (χ4v) is 4.99. The highest BCUT2D eigenvalue weighted by atomic mass is 35.5. The molecule has 3 amide bonds. The SMILES string of the molecule is CCCCC(COC(=O)N(Cc1ccc(Cl)cc1)Cc1ccc(Cl)cc1)NC(=O)NC(CC(=O)OC)c1ccc2c(c1)OCO2. The second-order valence-corrected chi connectivity index (χ2v) is 11.5. The average molecular weight is 659 g/mol. The summed E-state index contributed by atoms with van der Waals surface area (Å²) in [5.41, 5.74) is 2.41. The molecular formula is C33H37Cl2N3O7. The van der Waals surface area contributed by atoms with Gasteiger partial charge in [0.25, 0.3) is 0 Å². The van der Waals surface area contributed by atoms with E-state index in [1.54, 1.807) is 47.4 Å². The number of rotatable bonds is 14. The number of urea groups is 1. The second-order valence-electron chi connectivity index (χ2n) is 10.6. The number of hydrogen-bond donors (Lipinski definition) is 2. The van der Waals surface area contributed by atoms with Gasteiger partial charge < -0.3 is 29.6 Å². The summed E-state index contributed by atoms with van der Waals surface area (Å²) in [6.07, 6.45) is 1.64. The molecule has 1 aliphatic rings. The number of nitrogens with one attached hydrogen (secondary N) is 2. The van der Waals surface area contributed by atoms with E-state index >= 15 is 0 Å². The normalized spacial score (nSPS) is 13.0. The zero-order valence-electron chi connectivity index (χ0n) is 25.2. The van der Waals surface area contributed by atoms with Crippen LogP contribution in [0.5, 0.6) is 11.5 Å². The van der Waals surface area contributed by atoms with Gasteiger partial charge in [0, 0.05) is 23.1 Å². The highest BCUT2D eigenvalue weighted by Gasteiger charge is 2.25. The van der Waals surface area contributed by atoms with Gasteiger partial charge in [0.2, 0.25) is 6.79 Å². The van der Waals surface area contributed by atoms with Crippen LogP contribution in [0.2, 0.25) is 10.0 Å². The molecule has 3 aromatic rings. The molecule has 0 radical (unpaired) electrons. The molecule has 0 saturated heterocycles. The van der Waals surface area contributed by atoms with Crippen LogP contribution in [0.4, 0.5) is 9.59 Å². The van der Waals surface area contributed by atoms with Crippen LogP contribution >= 0.6 is 23.2 Å². The van der Waals surface area contributed by atoms with Gasteiger partial charge in [-0.2, -0.15) is 0 Å². The average Bonchev–Trinajstić information content (AvgIpc) is 3.51. The number of ether oxygens (including phenoxy) is 4. The molecule has 2 unspecified atom stereocenters.